The van der Waals surface area contributed by atoms with Crippen molar-refractivity contribution in [3.05, 3.63) is 4.88 Å². The molecule has 19 heavy (non-hydrogen) atoms. The number of nitrogen functional groups attached to an aromatic ring is 1. The summed E-state index contributed by atoms with van der Waals surface area (Å²) in [6.45, 7) is 0.990. The Kier molecular flexibility index (Phi) is 4.19. The summed E-state index contributed by atoms with van der Waals surface area (Å²) < 4.78 is 5.37. The highest BCUT2D eigenvalue weighted by molar-refractivity contribution is 7.19. The van der Waals surface area contributed by atoms with E-state index in [1.807, 2.05) is 7.05 Å². The van der Waals surface area contributed by atoms with Crippen molar-refractivity contribution in [3.63, 3.8) is 0 Å². The molecule has 0 spiro atoms. The van der Waals surface area contributed by atoms with Gasteiger partial charge < -0.3 is 20.7 Å². The average Bonchev–Trinajstić information content (AvgIpc) is 2.69. The molecule has 1 aromatic heterocycles. The quantitative estimate of drug-likeness (QED) is 0.866. The first-order valence-electron chi connectivity index (χ1n) is 6.48. The minimum atomic E-state index is -0.163. The standard InChI is InChI=1S/C13H21N3O2S/c1-15-12(17)11-9(14)10(18-3)13(19-11)16(2)7-8-5-4-6-8/h8H,4-7,14H2,1-3H3,(H,15,17). The molecule has 1 saturated carbocycles. The lowest BCUT2D eigenvalue weighted by molar-refractivity contribution is 0.0967. The van der Waals surface area contributed by atoms with Crippen molar-refractivity contribution in [2.45, 2.75) is 19.3 Å². The largest absolute Gasteiger partial charge is 0.492 e. The molecular weight excluding hydrogens is 262 g/mol. The van der Waals surface area contributed by atoms with E-state index in [9.17, 15) is 4.79 Å². The van der Waals surface area contributed by atoms with Gasteiger partial charge in [-0.1, -0.05) is 6.42 Å². The van der Waals surface area contributed by atoms with E-state index in [1.165, 1.54) is 30.6 Å². The summed E-state index contributed by atoms with van der Waals surface area (Å²) in [6, 6.07) is 0. The van der Waals surface area contributed by atoms with Crippen LogP contribution in [-0.2, 0) is 0 Å². The smallest absolute Gasteiger partial charge is 0.263 e. The van der Waals surface area contributed by atoms with E-state index < -0.39 is 0 Å². The molecule has 0 unspecified atom stereocenters. The van der Waals surface area contributed by atoms with E-state index >= 15 is 0 Å². The third-order valence-corrected chi connectivity index (χ3v) is 4.92. The normalized spacial score (nSPS) is 14.9. The Bertz CT molecular complexity index is 469. The van der Waals surface area contributed by atoms with Gasteiger partial charge in [-0.25, -0.2) is 0 Å². The number of methoxy groups -OCH3 is 1. The number of thiophene rings is 1. The number of hydrogen-bond donors (Lipinski definition) is 2. The van der Waals surface area contributed by atoms with Crippen molar-refractivity contribution in [2.24, 2.45) is 5.92 Å². The zero-order valence-electron chi connectivity index (χ0n) is 11.7. The van der Waals surface area contributed by atoms with E-state index in [0.717, 1.165) is 17.5 Å². The van der Waals surface area contributed by atoms with Crippen LogP contribution in [0.2, 0.25) is 0 Å². The molecule has 3 N–H and O–H groups in total. The monoisotopic (exact) mass is 283 g/mol. The molecule has 0 aromatic carbocycles. The average molecular weight is 283 g/mol. The third kappa shape index (κ3) is 2.63. The summed E-state index contributed by atoms with van der Waals surface area (Å²) in [5.74, 6) is 1.20. The van der Waals surface area contributed by atoms with Gasteiger partial charge in [0.15, 0.2) is 5.75 Å². The van der Waals surface area contributed by atoms with Crippen LogP contribution in [-0.4, -0.2) is 33.7 Å². The fourth-order valence-electron chi connectivity index (χ4n) is 2.29. The van der Waals surface area contributed by atoms with E-state index in [-0.39, 0.29) is 5.91 Å². The van der Waals surface area contributed by atoms with Crippen LogP contribution < -0.4 is 20.7 Å². The minimum Gasteiger partial charge on any atom is -0.492 e. The van der Waals surface area contributed by atoms with E-state index in [1.54, 1.807) is 14.2 Å². The van der Waals surface area contributed by atoms with Crippen molar-refractivity contribution in [2.75, 3.05) is 38.4 Å². The summed E-state index contributed by atoms with van der Waals surface area (Å²) in [5, 5.41) is 3.54. The molecule has 1 aromatic rings. The number of nitrogens with two attached hydrogens (primary N) is 1. The number of nitrogens with one attached hydrogen (secondary N) is 1. The predicted molar refractivity (Wildman–Crippen MR) is 79.3 cm³/mol. The molecule has 0 bridgehead atoms. The van der Waals surface area contributed by atoms with Gasteiger partial charge in [-0.3, -0.25) is 4.79 Å². The van der Waals surface area contributed by atoms with Gasteiger partial charge in [-0.05, 0) is 18.8 Å². The van der Waals surface area contributed by atoms with E-state index in [0.29, 0.717) is 16.3 Å². The number of rotatable bonds is 5. The molecule has 106 valence electrons. The summed E-state index contributed by atoms with van der Waals surface area (Å²) in [6.07, 6.45) is 3.90. The number of hydrogen-bond acceptors (Lipinski definition) is 5. The highest BCUT2D eigenvalue weighted by atomic mass is 32.1. The van der Waals surface area contributed by atoms with Crippen LogP contribution >= 0.6 is 11.3 Å². The van der Waals surface area contributed by atoms with Gasteiger partial charge in [0.2, 0.25) is 0 Å². The zero-order valence-corrected chi connectivity index (χ0v) is 12.5. The second-order valence-corrected chi connectivity index (χ2v) is 5.94. The molecule has 1 aliphatic carbocycles. The van der Waals surface area contributed by atoms with Crippen molar-refractivity contribution in [1.29, 1.82) is 0 Å². The molecule has 6 heteroatoms. The van der Waals surface area contributed by atoms with Crippen molar-refractivity contribution in [1.82, 2.24) is 5.32 Å². The highest BCUT2D eigenvalue weighted by Crippen LogP contribution is 2.45. The Morgan fingerprint density at radius 1 is 1.58 bits per heavy atom. The fraction of sp³-hybridized carbons (Fsp3) is 0.615. The van der Waals surface area contributed by atoms with Crippen molar-refractivity contribution < 1.29 is 9.53 Å². The lowest BCUT2D eigenvalue weighted by Crippen LogP contribution is -2.28. The maximum absolute atomic E-state index is 11.8. The fourth-order valence-corrected chi connectivity index (χ4v) is 3.40. The van der Waals surface area contributed by atoms with E-state index in [2.05, 4.69) is 10.2 Å². The van der Waals surface area contributed by atoms with Gasteiger partial charge in [-0.15, -0.1) is 11.3 Å². The molecule has 1 aliphatic rings. The second-order valence-electron chi connectivity index (χ2n) is 4.94. The Labute approximate surface area is 117 Å². The molecule has 1 heterocycles. The molecule has 0 aliphatic heterocycles. The van der Waals surface area contributed by atoms with Crippen LogP contribution in [0.15, 0.2) is 0 Å². The summed E-state index contributed by atoms with van der Waals surface area (Å²) in [5.41, 5.74) is 6.44. The predicted octanol–water partition coefficient (Wildman–Crippen LogP) is 1.93. The third-order valence-electron chi connectivity index (χ3n) is 3.62. The SMILES string of the molecule is CNC(=O)c1sc(N(C)CC2CCC2)c(OC)c1N. The van der Waals surface area contributed by atoms with Crippen LogP contribution in [0, 0.1) is 5.92 Å². The number of carbonyl (C=O) groups is 1. The molecule has 0 atom stereocenters. The topological polar surface area (TPSA) is 67.6 Å². The van der Waals surface area contributed by atoms with E-state index in [4.69, 9.17) is 10.5 Å². The van der Waals surface area contributed by atoms with Gasteiger partial charge in [0.25, 0.3) is 5.91 Å². The van der Waals surface area contributed by atoms with Gasteiger partial charge in [0.05, 0.1) is 7.11 Å². The Morgan fingerprint density at radius 2 is 2.26 bits per heavy atom. The first-order chi connectivity index (χ1) is 9.08. The number of anilines is 2. The molecule has 5 nitrogen and oxygen atoms in total. The summed E-state index contributed by atoms with van der Waals surface area (Å²) in [4.78, 5) is 14.4. The van der Waals surface area contributed by atoms with Crippen LogP contribution in [0.1, 0.15) is 28.9 Å². The van der Waals surface area contributed by atoms with Gasteiger partial charge >= 0.3 is 0 Å². The maximum Gasteiger partial charge on any atom is 0.263 e. The van der Waals surface area contributed by atoms with Crippen molar-refractivity contribution in [3.8, 4) is 5.75 Å². The van der Waals surface area contributed by atoms with Crippen LogP contribution in [0.3, 0.4) is 0 Å². The van der Waals surface area contributed by atoms with Crippen LogP contribution in [0.5, 0.6) is 5.75 Å². The minimum absolute atomic E-state index is 0.163. The maximum atomic E-state index is 11.8. The van der Waals surface area contributed by atoms with Gasteiger partial charge in [0, 0.05) is 20.6 Å². The number of nitrogens with zero attached hydrogens (tertiary/aromatic N) is 1. The number of carbonyl (C=O) groups excluding carboxylic acids is 1. The lowest BCUT2D eigenvalue weighted by atomic mass is 9.85. The number of ether oxygens (including phenoxy) is 1. The molecular formula is C13H21N3O2S. The zero-order chi connectivity index (χ0) is 14.0. The van der Waals surface area contributed by atoms with Gasteiger partial charge in [-0.2, -0.15) is 0 Å². The molecule has 1 amide bonds. The number of amides is 1. The van der Waals surface area contributed by atoms with Crippen LogP contribution in [0.4, 0.5) is 10.7 Å². The van der Waals surface area contributed by atoms with Gasteiger partial charge in [0.1, 0.15) is 15.6 Å². The first kappa shape index (κ1) is 14.0. The van der Waals surface area contributed by atoms with Crippen molar-refractivity contribution >= 4 is 27.9 Å². The Hall–Kier alpha value is -1.43. The lowest BCUT2D eigenvalue weighted by Gasteiger charge is -2.30. The summed E-state index contributed by atoms with van der Waals surface area (Å²) >= 11 is 1.39. The Balaban J connectivity index is 2.24. The van der Waals surface area contributed by atoms with Crippen LogP contribution in [0.25, 0.3) is 0 Å². The highest BCUT2D eigenvalue weighted by Gasteiger charge is 2.26. The second kappa shape index (κ2) is 5.69. The molecule has 0 radical (unpaired) electrons. The first-order valence-corrected chi connectivity index (χ1v) is 7.29. The molecule has 0 saturated heterocycles. The summed E-state index contributed by atoms with van der Waals surface area (Å²) in [7, 11) is 5.22. The Morgan fingerprint density at radius 3 is 2.74 bits per heavy atom. The molecule has 2 rings (SSSR count). The molecule has 1 fully saturated rings.